The lowest BCUT2D eigenvalue weighted by atomic mass is 10.2. The van der Waals surface area contributed by atoms with E-state index in [0.29, 0.717) is 50.2 Å². The van der Waals surface area contributed by atoms with E-state index in [9.17, 15) is 13.2 Å². The summed E-state index contributed by atoms with van der Waals surface area (Å²) in [6.07, 6.45) is 2.97. The summed E-state index contributed by atoms with van der Waals surface area (Å²) < 4.78 is 25.0. The van der Waals surface area contributed by atoms with Crippen molar-refractivity contribution < 1.29 is 13.2 Å². The third kappa shape index (κ3) is 7.40. The van der Waals surface area contributed by atoms with E-state index in [0.717, 1.165) is 23.5 Å². The van der Waals surface area contributed by atoms with E-state index in [-0.39, 0.29) is 6.03 Å². The van der Waals surface area contributed by atoms with Crippen LogP contribution in [0.15, 0.2) is 60.8 Å². The average molecular weight is 539 g/mol. The van der Waals surface area contributed by atoms with E-state index in [2.05, 4.69) is 43.0 Å². The second-order valence-corrected chi connectivity index (χ2v) is 11.1. The molecule has 11 nitrogen and oxygen atoms in total. The van der Waals surface area contributed by atoms with E-state index in [1.807, 2.05) is 61.3 Å². The van der Waals surface area contributed by atoms with E-state index in [4.69, 9.17) is 0 Å². The Bertz CT molecular complexity index is 1340. The Balaban J connectivity index is 1.37. The van der Waals surface area contributed by atoms with Crippen molar-refractivity contribution in [1.82, 2.24) is 24.5 Å². The minimum Gasteiger partial charge on any atom is -0.338 e. The number of hydrogen-bond acceptors (Lipinski definition) is 8. The van der Waals surface area contributed by atoms with Gasteiger partial charge in [0.05, 0.1) is 6.26 Å². The van der Waals surface area contributed by atoms with Crippen molar-refractivity contribution in [2.45, 2.75) is 13.5 Å². The number of nitrogens with zero attached hydrogens (tertiary/aromatic N) is 5. The number of rotatable bonds is 9. The highest BCUT2D eigenvalue weighted by atomic mass is 32.2. The zero-order chi connectivity index (χ0) is 27.1. The molecule has 1 saturated heterocycles. The number of nitrogens with one attached hydrogen (secondary N) is 3. The molecule has 202 valence electrons. The van der Waals surface area contributed by atoms with Crippen LogP contribution < -0.4 is 20.9 Å². The number of carbonyl (C=O) groups is 1. The van der Waals surface area contributed by atoms with Crippen LogP contribution in [0.5, 0.6) is 0 Å². The normalized spacial score (nSPS) is 14.6. The number of benzene rings is 2. The third-order valence-electron chi connectivity index (χ3n) is 6.22. The van der Waals surface area contributed by atoms with Gasteiger partial charge >= 0.3 is 6.03 Å². The van der Waals surface area contributed by atoms with Crippen LogP contribution in [0.1, 0.15) is 12.5 Å². The van der Waals surface area contributed by atoms with Crippen molar-refractivity contribution in [3.63, 3.8) is 0 Å². The molecule has 2 heterocycles. The van der Waals surface area contributed by atoms with Crippen LogP contribution in [0.25, 0.3) is 0 Å². The molecule has 0 radical (unpaired) electrons. The van der Waals surface area contributed by atoms with Gasteiger partial charge in [0.2, 0.25) is 16.0 Å². The molecule has 0 unspecified atom stereocenters. The smallest absolute Gasteiger partial charge is 0.319 e. The molecule has 0 atom stereocenters. The first-order valence-electron chi connectivity index (χ1n) is 12.5. The molecule has 1 aromatic heterocycles. The Labute approximate surface area is 223 Å². The SMILES string of the molecule is CCNC(=O)Nc1ccc(N(C)c2ccnc(Nc3cccc(CN4CCN(S(C)(=O)=O)CC4)c3)n2)cc1. The number of sulfonamides is 1. The van der Waals surface area contributed by atoms with Crippen LogP contribution in [0.3, 0.4) is 0 Å². The first-order chi connectivity index (χ1) is 18.2. The zero-order valence-corrected chi connectivity index (χ0v) is 22.7. The highest BCUT2D eigenvalue weighted by Crippen LogP contribution is 2.25. The van der Waals surface area contributed by atoms with Crippen LogP contribution in [0.2, 0.25) is 0 Å². The molecule has 0 saturated carbocycles. The minimum atomic E-state index is -3.14. The lowest BCUT2D eigenvalue weighted by Gasteiger charge is -2.33. The molecule has 2 amide bonds. The molecular formula is C26H34N8O3S. The standard InChI is InChI=1S/C26H34N8O3S/c1-4-27-26(35)30-21-8-10-23(11-9-21)32(2)24-12-13-28-25(31-24)29-22-7-5-6-20(18-22)19-33-14-16-34(17-15-33)38(3,36)37/h5-13,18H,4,14-17,19H2,1-3H3,(H2,27,30,35)(H,28,29,31). The predicted octanol–water partition coefficient (Wildman–Crippen LogP) is 3.21. The number of urea groups is 1. The number of hydrogen-bond donors (Lipinski definition) is 3. The molecular weight excluding hydrogens is 504 g/mol. The molecule has 1 aliphatic rings. The maximum absolute atomic E-state index is 11.8. The van der Waals surface area contributed by atoms with Gasteiger partial charge in [0.15, 0.2) is 0 Å². The van der Waals surface area contributed by atoms with E-state index in [1.54, 1.807) is 6.20 Å². The first-order valence-corrected chi connectivity index (χ1v) is 14.3. The van der Waals surface area contributed by atoms with Crippen LogP contribution in [-0.4, -0.2) is 79.6 Å². The van der Waals surface area contributed by atoms with Gasteiger partial charge in [-0.3, -0.25) is 4.90 Å². The van der Waals surface area contributed by atoms with Crippen molar-refractivity contribution in [2.24, 2.45) is 0 Å². The van der Waals surface area contributed by atoms with E-state index in [1.165, 1.54) is 10.6 Å². The van der Waals surface area contributed by atoms with Crippen molar-refractivity contribution in [1.29, 1.82) is 0 Å². The fourth-order valence-electron chi connectivity index (χ4n) is 4.19. The zero-order valence-electron chi connectivity index (χ0n) is 21.9. The van der Waals surface area contributed by atoms with Gasteiger partial charge in [-0.15, -0.1) is 0 Å². The summed E-state index contributed by atoms with van der Waals surface area (Å²) in [5.74, 6) is 1.19. The predicted molar refractivity (Wildman–Crippen MR) is 151 cm³/mol. The Morgan fingerprint density at radius 2 is 1.76 bits per heavy atom. The van der Waals surface area contributed by atoms with Gasteiger partial charge in [0.1, 0.15) is 5.82 Å². The Morgan fingerprint density at radius 3 is 2.45 bits per heavy atom. The highest BCUT2D eigenvalue weighted by Gasteiger charge is 2.23. The first kappa shape index (κ1) is 27.3. The quantitative estimate of drug-likeness (QED) is 0.380. The molecule has 0 spiro atoms. The number of carbonyl (C=O) groups excluding carboxylic acids is 1. The fourth-order valence-corrected chi connectivity index (χ4v) is 5.01. The Morgan fingerprint density at radius 1 is 1.03 bits per heavy atom. The van der Waals surface area contributed by atoms with E-state index >= 15 is 0 Å². The third-order valence-corrected chi connectivity index (χ3v) is 7.53. The second-order valence-electron chi connectivity index (χ2n) is 9.09. The molecule has 2 aromatic carbocycles. The minimum absolute atomic E-state index is 0.237. The van der Waals surface area contributed by atoms with Crippen LogP contribution in [0, 0.1) is 0 Å². The van der Waals surface area contributed by atoms with Gasteiger partial charge in [-0.25, -0.2) is 18.2 Å². The molecule has 12 heteroatoms. The number of piperazine rings is 1. The molecule has 1 fully saturated rings. The van der Waals surface area contributed by atoms with Crippen LogP contribution in [-0.2, 0) is 16.6 Å². The van der Waals surface area contributed by atoms with Crippen molar-refractivity contribution >= 4 is 44.9 Å². The van der Waals surface area contributed by atoms with Crippen molar-refractivity contribution in [3.8, 4) is 0 Å². The highest BCUT2D eigenvalue weighted by molar-refractivity contribution is 7.88. The maximum Gasteiger partial charge on any atom is 0.319 e. The van der Waals surface area contributed by atoms with Crippen molar-refractivity contribution in [2.75, 3.05) is 61.6 Å². The monoisotopic (exact) mass is 538 g/mol. The van der Waals surface area contributed by atoms with Gasteiger partial charge < -0.3 is 20.9 Å². The maximum atomic E-state index is 11.8. The molecule has 3 aromatic rings. The van der Waals surface area contributed by atoms with Crippen LogP contribution in [0.4, 0.5) is 33.6 Å². The lowest BCUT2D eigenvalue weighted by Crippen LogP contribution is -2.47. The van der Waals surface area contributed by atoms with Gasteiger partial charge in [-0.05, 0) is 55.0 Å². The molecule has 38 heavy (non-hydrogen) atoms. The number of anilines is 5. The number of amides is 2. The molecule has 0 bridgehead atoms. The molecule has 1 aliphatic heterocycles. The Hall–Kier alpha value is -3.74. The summed E-state index contributed by atoms with van der Waals surface area (Å²) in [6.45, 7) is 5.59. The summed E-state index contributed by atoms with van der Waals surface area (Å²) in [4.78, 5) is 25.0. The number of aromatic nitrogens is 2. The summed E-state index contributed by atoms with van der Waals surface area (Å²) in [7, 11) is -1.22. The topological polar surface area (TPSA) is 123 Å². The molecule has 0 aliphatic carbocycles. The molecule has 3 N–H and O–H groups in total. The summed E-state index contributed by atoms with van der Waals surface area (Å²) in [5.41, 5.74) is 3.61. The summed E-state index contributed by atoms with van der Waals surface area (Å²) in [6, 6.07) is 17.2. The van der Waals surface area contributed by atoms with Crippen molar-refractivity contribution in [3.05, 3.63) is 66.4 Å². The lowest BCUT2D eigenvalue weighted by molar-refractivity contribution is 0.182. The van der Waals surface area contributed by atoms with E-state index < -0.39 is 10.0 Å². The summed E-state index contributed by atoms with van der Waals surface area (Å²) in [5, 5.41) is 8.78. The average Bonchev–Trinajstić information content (AvgIpc) is 2.89. The largest absolute Gasteiger partial charge is 0.338 e. The van der Waals surface area contributed by atoms with Crippen LogP contribution >= 0.6 is 0 Å². The molecule has 4 rings (SSSR count). The van der Waals surface area contributed by atoms with Gasteiger partial charge in [-0.2, -0.15) is 9.29 Å². The Kier molecular flexibility index (Phi) is 8.77. The fraction of sp³-hybridized carbons (Fsp3) is 0.346. The van der Waals surface area contributed by atoms with Gasteiger partial charge in [-0.1, -0.05) is 12.1 Å². The summed E-state index contributed by atoms with van der Waals surface area (Å²) >= 11 is 0. The van der Waals surface area contributed by atoms with Gasteiger partial charge in [0, 0.05) is 69.6 Å². The van der Waals surface area contributed by atoms with Gasteiger partial charge in [0.25, 0.3) is 0 Å². The second kappa shape index (κ2) is 12.2.